The number of morpholine rings is 1. The maximum Gasteiger partial charge on any atom is 0.270 e. The minimum absolute atomic E-state index is 0.0106. The molecular weight excluding hydrogens is 389 g/mol. The molecule has 0 spiro atoms. The number of carbonyl (C=O) groups excluding carboxylic acids is 1. The third-order valence-corrected chi connectivity index (χ3v) is 4.92. The first-order valence-corrected chi connectivity index (χ1v) is 9.13. The molecule has 3 rings (SSSR count). The van der Waals surface area contributed by atoms with E-state index in [2.05, 4.69) is 10.2 Å². The van der Waals surface area contributed by atoms with Gasteiger partial charge in [0.25, 0.3) is 11.6 Å². The third-order valence-electron chi connectivity index (χ3n) is 4.61. The Bertz CT molecular complexity index is 857. The van der Waals surface area contributed by atoms with E-state index in [1.807, 2.05) is 0 Å². The topological polar surface area (TPSA) is 84.7 Å². The molecule has 28 heavy (non-hydrogen) atoms. The van der Waals surface area contributed by atoms with Gasteiger partial charge in [0, 0.05) is 31.8 Å². The minimum atomic E-state index is -0.573. The molecule has 9 heteroatoms. The van der Waals surface area contributed by atoms with Gasteiger partial charge in [-0.25, -0.2) is 4.39 Å². The zero-order valence-electron chi connectivity index (χ0n) is 14.9. The molecule has 2 aromatic rings. The van der Waals surface area contributed by atoms with Gasteiger partial charge in [-0.3, -0.25) is 19.8 Å². The van der Waals surface area contributed by atoms with E-state index in [-0.39, 0.29) is 34.7 Å². The summed E-state index contributed by atoms with van der Waals surface area (Å²) in [6.07, 6.45) is 0. The van der Waals surface area contributed by atoms with Gasteiger partial charge >= 0.3 is 0 Å². The first-order chi connectivity index (χ1) is 13.5. The molecule has 148 valence electrons. The quantitative estimate of drug-likeness (QED) is 0.587. The van der Waals surface area contributed by atoms with E-state index in [1.165, 1.54) is 24.3 Å². The molecule has 7 nitrogen and oxygen atoms in total. The predicted octanol–water partition coefficient (Wildman–Crippen LogP) is 3.19. The SMILES string of the molecule is O=C(NC[C@H](c1ccc(F)cc1)N1CCOCC1)c1ccc([N+](=O)[O-])cc1Cl. The van der Waals surface area contributed by atoms with Gasteiger partial charge in [-0.2, -0.15) is 0 Å². The van der Waals surface area contributed by atoms with Crippen molar-refractivity contribution in [2.75, 3.05) is 32.8 Å². The number of nitro groups is 1. The number of non-ortho nitro benzene ring substituents is 1. The highest BCUT2D eigenvalue weighted by Crippen LogP contribution is 2.24. The first-order valence-electron chi connectivity index (χ1n) is 8.75. The number of halogens is 2. The number of carbonyl (C=O) groups is 1. The summed E-state index contributed by atoms with van der Waals surface area (Å²) < 4.78 is 18.7. The number of hydrogen-bond donors (Lipinski definition) is 1. The van der Waals surface area contributed by atoms with Crippen LogP contribution in [0.2, 0.25) is 5.02 Å². The van der Waals surface area contributed by atoms with Crippen molar-refractivity contribution in [1.29, 1.82) is 0 Å². The number of benzene rings is 2. The predicted molar refractivity (Wildman–Crippen MR) is 102 cm³/mol. The average Bonchev–Trinajstić information content (AvgIpc) is 2.70. The van der Waals surface area contributed by atoms with E-state index in [1.54, 1.807) is 12.1 Å². The molecule has 0 unspecified atom stereocenters. The summed E-state index contributed by atoms with van der Waals surface area (Å²) in [5.74, 6) is -0.758. The standard InChI is InChI=1S/C19H19ClFN3O4/c20-17-11-15(24(26)27)5-6-16(17)19(25)22-12-18(23-7-9-28-10-8-23)13-1-3-14(21)4-2-13/h1-6,11,18H,7-10,12H2,(H,22,25)/t18-/m1/s1. The Kier molecular flexibility index (Phi) is 6.56. The van der Waals surface area contributed by atoms with E-state index < -0.39 is 10.8 Å². The Morgan fingerprint density at radius 2 is 1.93 bits per heavy atom. The lowest BCUT2D eigenvalue weighted by Gasteiger charge is -2.35. The molecule has 0 aliphatic carbocycles. The van der Waals surface area contributed by atoms with Crippen LogP contribution in [0.25, 0.3) is 0 Å². The van der Waals surface area contributed by atoms with Gasteiger partial charge in [-0.05, 0) is 23.8 Å². The smallest absolute Gasteiger partial charge is 0.270 e. The van der Waals surface area contributed by atoms with Gasteiger partial charge in [-0.1, -0.05) is 23.7 Å². The molecule has 0 saturated carbocycles. The summed E-state index contributed by atoms with van der Waals surface area (Å²) in [7, 11) is 0. The Hall–Kier alpha value is -2.55. The van der Waals surface area contributed by atoms with Crippen molar-refractivity contribution >= 4 is 23.2 Å². The second-order valence-corrected chi connectivity index (χ2v) is 6.75. The van der Waals surface area contributed by atoms with E-state index in [9.17, 15) is 19.3 Å². The number of amides is 1. The molecule has 0 aromatic heterocycles. The highest BCUT2D eigenvalue weighted by molar-refractivity contribution is 6.34. The zero-order valence-corrected chi connectivity index (χ0v) is 15.7. The summed E-state index contributed by atoms with van der Waals surface area (Å²) in [5.41, 5.74) is 0.851. The highest BCUT2D eigenvalue weighted by atomic mass is 35.5. The molecule has 1 atom stereocenters. The molecule has 0 radical (unpaired) electrons. The van der Waals surface area contributed by atoms with Crippen LogP contribution in [0.4, 0.5) is 10.1 Å². The van der Waals surface area contributed by atoms with Gasteiger partial charge in [-0.15, -0.1) is 0 Å². The van der Waals surface area contributed by atoms with Crippen molar-refractivity contribution in [1.82, 2.24) is 10.2 Å². The second-order valence-electron chi connectivity index (χ2n) is 6.35. The van der Waals surface area contributed by atoms with Crippen molar-refractivity contribution in [3.63, 3.8) is 0 Å². The second kappa shape index (κ2) is 9.09. The van der Waals surface area contributed by atoms with Crippen LogP contribution >= 0.6 is 11.6 Å². The van der Waals surface area contributed by atoms with Crippen LogP contribution in [-0.4, -0.2) is 48.6 Å². The first kappa shape index (κ1) is 20.2. The zero-order chi connectivity index (χ0) is 20.1. The maximum absolute atomic E-state index is 13.3. The minimum Gasteiger partial charge on any atom is -0.379 e. The van der Waals surface area contributed by atoms with Crippen molar-refractivity contribution in [3.05, 3.63) is 74.5 Å². The molecule has 1 amide bonds. The summed E-state index contributed by atoms with van der Waals surface area (Å²) in [6.45, 7) is 2.82. The number of rotatable bonds is 6. The highest BCUT2D eigenvalue weighted by Gasteiger charge is 2.24. The molecular formula is C19H19ClFN3O4. The van der Waals surface area contributed by atoms with Crippen molar-refractivity contribution in [2.45, 2.75) is 6.04 Å². The van der Waals surface area contributed by atoms with E-state index in [0.717, 1.165) is 11.6 Å². The van der Waals surface area contributed by atoms with Crippen LogP contribution in [0.15, 0.2) is 42.5 Å². The monoisotopic (exact) mass is 407 g/mol. The Morgan fingerprint density at radius 1 is 1.25 bits per heavy atom. The lowest BCUT2D eigenvalue weighted by molar-refractivity contribution is -0.384. The Balaban J connectivity index is 1.74. The molecule has 1 heterocycles. The number of nitro benzene ring substituents is 1. The third kappa shape index (κ3) is 4.83. The van der Waals surface area contributed by atoms with Gasteiger partial charge in [0.05, 0.1) is 34.8 Å². The lowest BCUT2D eigenvalue weighted by Crippen LogP contribution is -2.43. The van der Waals surface area contributed by atoms with Crippen molar-refractivity contribution < 1.29 is 18.8 Å². The van der Waals surface area contributed by atoms with E-state index in [4.69, 9.17) is 16.3 Å². The molecule has 1 aliphatic heterocycles. The van der Waals surface area contributed by atoms with Crippen LogP contribution in [-0.2, 0) is 4.74 Å². The number of ether oxygens (including phenoxy) is 1. The Morgan fingerprint density at radius 3 is 2.54 bits per heavy atom. The van der Waals surface area contributed by atoms with Crippen LogP contribution in [0, 0.1) is 15.9 Å². The molecule has 1 fully saturated rings. The lowest BCUT2D eigenvalue weighted by atomic mass is 10.0. The number of nitrogens with one attached hydrogen (secondary N) is 1. The summed E-state index contributed by atoms with van der Waals surface area (Å²) >= 11 is 6.03. The summed E-state index contributed by atoms with van der Waals surface area (Å²) in [6, 6.07) is 9.72. The fourth-order valence-electron chi connectivity index (χ4n) is 3.12. The fraction of sp³-hybridized carbons (Fsp3) is 0.316. The summed E-state index contributed by atoms with van der Waals surface area (Å²) in [5, 5.41) is 13.6. The normalized spacial score (nSPS) is 15.8. The van der Waals surface area contributed by atoms with Crippen LogP contribution in [0.1, 0.15) is 22.0 Å². The van der Waals surface area contributed by atoms with Crippen LogP contribution < -0.4 is 5.32 Å². The molecule has 0 bridgehead atoms. The van der Waals surface area contributed by atoms with Crippen molar-refractivity contribution in [3.8, 4) is 0 Å². The van der Waals surface area contributed by atoms with Gasteiger partial charge in [0.15, 0.2) is 0 Å². The number of nitrogens with zero attached hydrogens (tertiary/aromatic N) is 2. The van der Waals surface area contributed by atoms with Crippen LogP contribution in [0.3, 0.4) is 0 Å². The van der Waals surface area contributed by atoms with Gasteiger partial charge in [0.1, 0.15) is 5.82 Å². The van der Waals surface area contributed by atoms with Crippen molar-refractivity contribution in [2.24, 2.45) is 0 Å². The largest absolute Gasteiger partial charge is 0.379 e. The van der Waals surface area contributed by atoms with E-state index >= 15 is 0 Å². The summed E-state index contributed by atoms with van der Waals surface area (Å²) in [4.78, 5) is 24.9. The van der Waals surface area contributed by atoms with Gasteiger partial charge < -0.3 is 10.1 Å². The molecule has 1 aliphatic rings. The van der Waals surface area contributed by atoms with Gasteiger partial charge in [0.2, 0.25) is 0 Å². The molecule has 1 saturated heterocycles. The van der Waals surface area contributed by atoms with Crippen LogP contribution in [0.5, 0.6) is 0 Å². The molecule has 1 N–H and O–H groups in total. The average molecular weight is 408 g/mol. The molecule has 2 aromatic carbocycles. The number of hydrogen-bond acceptors (Lipinski definition) is 5. The maximum atomic E-state index is 13.3. The van der Waals surface area contributed by atoms with E-state index in [0.29, 0.717) is 26.3 Å². The Labute approximate surface area is 166 Å². The fourth-order valence-corrected chi connectivity index (χ4v) is 3.38.